The Hall–Kier alpha value is -1.44. The van der Waals surface area contributed by atoms with Crippen molar-refractivity contribution in [2.24, 2.45) is 17.8 Å². The fraction of sp³-hybridized carbons (Fsp3) is 0.375. The van der Waals surface area contributed by atoms with E-state index in [4.69, 9.17) is 0 Å². The molecule has 94 valence electrons. The van der Waals surface area contributed by atoms with Gasteiger partial charge in [-0.25, -0.2) is 8.78 Å². The summed E-state index contributed by atoms with van der Waals surface area (Å²) in [4.78, 5) is 0. The zero-order valence-corrected chi connectivity index (χ0v) is 10.2. The van der Waals surface area contributed by atoms with Gasteiger partial charge in [0.2, 0.25) is 0 Å². The molecule has 1 saturated carbocycles. The fourth-order valence-electron chi connectivity index (χ4n) is 3.29. The van der Waals surface area contributed by atoms with Crippen molar-refractivity contribution in [3.63, 3.8) is 0 Å². The van der Waals surface area contributed by atoms with Gasteiger partial charge in [-0.3, -0.25) is 0 Å². The molecule has 2 unspecified atom stereocenters. The summed E-state index contributed by atoms with van der Waals surface area (Å²) in [6.45, 7) is 0. The van der Waals surface area contributed by atoms with Gasteiger partial charge in [-0.05, 0) is 49.1 Å². The zero-order valence-electron chi connectivity index (χ0n) is 10.2. The van der Waals surface area contributed by atoms with Crippen LogP contribution in [0.3, 0.4) is 0 Å². The van der Waals surface area contributed by atoms with Gasteiger partial charge in [-0.1, -0.05) is 30.4 Å². The molecule has 1 aromatic carbocycles. The first-order chi connectivity index (χ1) is 8.75. The highest BCUT2D eigenvalue weighted by Gasteiger charge is 2.34. The molecular formula is C16H16F2. The number of halogens is 2. The average Bonchev–Trinajstić information content (AvgIpc) is 2.77. The maximum absolute atomic E-state index is 13.7. The molecule has 0 nitrogen and oxygen atoms in total. The Morgan fingerprint density at radius 3 is 2.50 bits per heavy atom. The smallest absolute Gasteiger partial charge is 0.129 e. The Balaban J connectivity index is 1.81. The molecule has 0 bridgehead atoms. The zero-order chi connectivity index (χ0) is 12.5. The van der Waals surface area contributed by atoms with Gasteiger partial charge in [0.1, 0.15) is 11.6 Å². The van der Waals surface area contributed by atoms with Crippen molar-refractivity contribution in [3.8, 4) is 0 Å². The molecule has 1 aromatic rings. The van der Waals surface area contributed by atoms with Crippen molar-refractivity contribution in [3.05, 3.63) is 59.7 Å². The third-order valence-electron chi connectivity index (χ3n) is 4.24. The summed E-state index contributed by atoms with van der Waals surface area (Å²) in [5, 5.41) is 0. The molecule has 2 aliphatic carbocycles. The standard InChI is InChI=1S/C16H16F2/c17-15-6-3-7-16(18)14(15)10-12-9-8-11-4-1-2-5-13(11)12/h1-7,11-13H,8-10H2/t11?,12-,13?/m1/s1. The third-order valence-corrected chi connectivity index (χ3v) is 4.24. The Morgan fingerprint density at radius 1 is 1.00 bits per heavy atom. The fourth-order valence-corrected chi connectivity index (χ4v) is 3.29. The summed E-state index contributed by atoms with van der Waals surface area (Å²) in [7, 11) is 0. The van der Waals surface area contributed by atoms with Gasteiger partial charge in [0, 0.05) is 5.56 Å². The second-order valence-corrected chi connectivity index (χ2v) is 5.25. The lowest BCUT2D eigenvalue weighted by Crippen LogP contribution is -2.16. The van der Waals surface area contributed by atoms with Crippen molar-refractivity contribution < 1.29 is 8.78 Å². The van der Waals surface area contributed by atoms with Crippen LogP contribution in [0.2, 0.25) is 0 Å². The molecule has 18 heavy (non-hydrogen) atoms. The van der Waals surface area contributed by atoms with Crippen LogP contribution in [-0.4, -0.2) is 0 Å². The minimum Gasteiger partial charge on any atom is -0.207 e. The van der Waals surface area contributed by atoms with E-state index >= 15 is 0 Å². The maximum atomic E-state index is 13.7. The van der Waals surface area contributed by atoms with Crippen molar-refractivity contribution in [2.75, 3.05) is 0 Å². The van der Waals surface area contributed by atoms with E-state index in [-0.39, 0.29) is 5.56 Å². The molecule has 3 atom stereocenters. The highest BCUT2D eigenvalue weighted by Crippen LogP contribution is 2.42. The summed E-state index contributed by atoms with van der Waals surface area (Å²) >= 11 is 0. The van der Waals surface area contributed by atoms with Gasteiger partial charge >= 0.3 is 0 Å². The molecule has 3 rings (SSSR count). The van der Waals surface area contributed by atoms with E-state index in [2.05, 4.69) is 24.3 Å². The van der Waals surface area contributed by atoms with Crippen LogP contribution < -0.4 is 0 Å². The van der Waals surface area contributed by atoms with E-state index in [0.717, 1.165) is 12.8 Å². The van der Waals surface area contributed by atoms with E-state index in [1.807, 2.05) is 0 Å². The van der Waals surface area contributed by atoms with Gasteiger partial charge in [0.05, 0.1) is 0 Å². The largest absolute Gasteiger partial charge is 0.207 e. The minimum atomic E-state index is -0.409. The summed E-state index contributed by atoms with van der Waals surface area (Å²) in [6.07, 6.45) is 11.2. The van der Waals surface area contributed by atoms with Crippen molar-refractivity contribution in [1.29, 1.82) is 0 Å². The quantitative estimate of drug-likeness (QED) is 0.730. The van der Waals surface area contributed by atoms with Crippen LogP contribution in [0.25, 0.3) is 0 Å². The Morgan fingerprint density at radius 2 is 1.72 bits per heavy atom. The van der Waals surface area contributed by atoms with Gasteiger partial charge < -0.3 is 0 Å². The molecule has 0 heterocycles. The Bertz CT molecular complexity index is 482. The normalized spacial score (nSPS) is 29.6. The first kappa shape index (κ1) is 11.6. The number of rotatable bonds is 2. The molecule has 2 aliphatic rings. The van der Waals surface area contributed by atoms with Gasteiger partial charge in [-0.2, -0.15) is 0 Å². The molecule has 0 spiro atoms. The lowest BCUT2D eigenvalue weighted by atomic mass is 9.83. The predicted octanol–water partition coefficient (Wildman–Crippen LogP) is 4.28. The van der Waals surface area contributed by atoms with Crippen LogP contribution in [0.4, 0.5) is 8.78 Å². The summed E-state index contributed by atoms with van der Waals surface area (Å²) in [5.41, 5.74) is 0.256. The second kappa shape index (κ2) is 4.68. The summed E-state index contributed by atoms with van der Waals surface area (Å²) in [5.74, 6) is 0.564. The maximum Gasteiger partial charge on any atom is 0.129 e. The van der Waals surface area contributed by atoms with Crippen LogP contribution in [0.15, 0.2) is 42.5 Å². The van der Waals surface area contributed by atoms with Crippen molar-refractivity contribution >= 4 is 0 Å². The van der Waals surface area contributed by atoms with E-state index in [1.54, 1.807) is 0 Å². The Kier molecular flexibility index (Phi) is 3.02. The summed E-state index contributed by atoms with van der Waals surface area (Å²) in [6, 6.07) is 4.12. The van der Waals surface area contributed by atoms with Crippen molar-refractivity contribution in [2.45, 2.75) is 19.3 Å². The molecule has 0 saturated heterocycles. The van der Waals surface area contributed by atoms with E-state index in [0.29, 0.717) is 24.2 Å². The minimum absolute atomic E-state index is 0.256. The average molecular weight is 246 g/mol. The molecule has 0 aromatic heterocycles. The molecule has 2 heteroatoms. The second-order valence-electron chi connectivity index (χ2n) is 5.25. The first-order valence-electron chi connectivity index (χ1n) is 6.53. The van der Waals surface area contributed by atoms with Gasteiger partial charge in [-0.15, -0.1) is 0 Å². The van der Waals surface area contributed by atoms with Gasteiger partial charge in [0.15, 0.2) is 0 Å². The number of allylic oxidation sites excluding steroid dienone is 4. The third kappa shape index (κ3) is 2.00. The van der Waals surface area contributed by atoms with E-state index < -0.39 is 11.6 Å². The number of hydrogen-bond donors (Lipinski definition) is 0. The molecular weight excluding hydrogens is 230 g/mol. The first-order valence-corrected chi connectivity index (χ1v) is 6.53. The number of fused-ring (bicyclic) bond motifs is 1. The van der Waals surface area contributed by atoms with Gasteiger partial charge in [0.25, 0.3) is 0 Å². The van der Waals surface area contributed by atoms with Crippen LogP contribution in [0, 0.1) is 29.4 Å². The monoisotopic (exact) mass is 246 g/mol. The topological polar surface area (TPSA) is 0 Å². The molecule has 0 amide bonds. The van der Waals surface area contributed by atoms with E-state index in [1.165, 1.54) is 18.2 Å². The molecule has 0 N–H and O–H groups in total. The molecule has 1 fully saturated rings. The predicted molar refractivity (Wildman–Crippen MR) is 68.0 cm³/mol. The summed E-state index contributed by atoms with van der Waals surface area (Å²) < 4.78 is 27.3. The molecule has 0 radical (unpaired) electrons. The van der Waals surface area contributed by atoms with Crippen LogP contribution >= 0.6 is 0 Å². The lowest BCUT2D eigenvalue weighted by Gasteiger charge is -2.22. The van der Waals surface area contributed by atoms with Crippen LogP contribution in [0.5, 0.6) is 0 Å². The highest BCUT2D eigenvalue weighted by atomic mass is 19.1. The SMILES string of the molecule is Fc1cccc(F)c1C[C@H]1CCC2C=CC=CC21. The molecule has 0 aliphatic heterocycles. The van der Waals surface area contributed by atoms with Crippen LogP contribution in [0.1, 0.15) is 18.4 Å². The van der Waals surface area contributed by atoms with E-state index in [9.17, 15) is 8.78 Å². The van der Waals surface area contributed by atoms with Crippen LogP contribution in [-0.2, 0) is 6.42 Å². The highest BCUT2D eigenvalue weighted by molar-refractivity contribution is 5.23. The van der Waals surface area contributed by atoms with Crippen molar-refractivity contribution in [1.82, 2.24) is 0 Å². The Labute approximate surface area is 106 Å². The number of hydrogen-bond acceptors (Lipinski definition) is 0. The lowest BCUT2D eigenvalue weighted by molar-refractivity contribution is 0.402. The number of benzene rings is 1.